The summed E-state index contributed by atoms with van der Waals surface area (Å²) in [6.45, 7) is 1.84. The first-order valence-electron chi connectivity index (χ1n) is 3.30. The van der Waals surface area contributed by atoms with Gasteiger partial charge in [-0.1, -0.05) is 0 Å². The summed E-state index contributed by atoms with van der Waals surface area (Å²) in [5.41, 5.74) is 5.50. The zero-order chi connectivity index (χ0) is 8.27. The molecule has 0 saturated carbocycles. The molecular formula is C7H11ClN2OS. The van der Waals surface area contributed by atoms with E-state index in [2.05, 4.69) is 0 Å². The Hall–Kier alpha value is -0.450. The molecule has 0 spiro atoms. The Morgan fingerprint density at radius 2 is 2.25 bits per heavy atom. The van der Waals surface area contributed by atoms with Gasteiger partial charge in [-0.25, -0.2) is 0 Å². The summed E-state index contributed by atoms with van der Waals surface area (Å²) in [7, 11) is 0. The second-order valence-electron chi connectivity index (χ2n) is 2.19. The molecule has 1 rings (SSSR count). The smallest absolute Gasteiger partial charge is 0.252 e. The molecule has 0 amide bonds. The van der Waals surface area contributed by atoms with Gasteiger partial charge in [-0.2, -0.15) is 4.73 Å². The molecule has 5 heteroatoms. The third kappa shape index (κ3) is 3.30. The van der Waals surface area contributed by atoms with E-state index in [4.69, 9.17) is 5.73 Å². The number of halogens is 1. The largest absolute Gasteiger partial charge is 0.618 e. The van der Waals surface area contributed by atoms with Crippen LogP contribution in [0.25, 0.3) is 0 Å². The van der Waals surface area contributed by atoms with Crippen LogP contribution in [0, 0.1) is 5.21 Å². The van der Waals surface area contributed by atoms with Crippen LogP contribution >= 0.6 is 24.2 Å². The molecule has 0 aliphatic heterocycles. The topological polar surface area (TPSA) is 53.0 Å². The highest BCUT2D eigenvalue weighted by atomic mass is 35.5. The van der Waals surface area contributed by atoms with E-state index < -0.39 is 0 Å². The van der Waals surface area contributed by atoms with Gasteiger partial charge in [0.05, 0.1) is 5.37 Å². The molecule has 0 radical (unpaired) electrons. The van der Waals surface area contributed by atoms with Crippen molar-refractivity contribution >= 4 is 24.2 Å². The summed E-state index contributed by atoms with van der Waals surface area (Å²) in [4.78, 5) is 0. The normalized spacial score (nSPS) is 11.8. The number of nitrogens with two attached hydrogens (primary N) is 1. The van der Waals surface area contributed by atoms with Gasteiger partial charge >= 0.3 is 0 Å². The van der Waals surface area contributed by atoms with Gasteiger partial charge in [0.1, 0.15) is 0 Å². The predicted octanol–water partition coefficient (Wildman–Crippen LogP) is 1.14. The van der Waals surface area contributed by atoms with Crippen LogP contribution in [0.1, 0.15) is 6.92 Å². The molecule has 0 saturated heterocycles. The zero-order valence-corrected chi connectivity index (χ0v) is 8.27. The average molecular weight is 207 g/mol. The number of aromatic nitrogens is 1. The molecule has 1 heterocycles. The Bertz CT molecular complexity index is 245. The standard InChI is InChI=1S/C7H10N2OS.ClH/c1-6(8)11-7-4-2-3-5-9(7)10;/h2-6H,8H2,1H3;1H. The van der Waals surface area contributed by atoms with Gasteiger partial charge in [0.15, 0.2) is 6.20 Å². The van der Waals surface area contributed by atoms with Crippen LogP contribution in [-0.2, 0) is 0 Å². The molecule has 12 heavy (non-hydrogen) atoms. The van der Waals surface area contributed by atoms with Crippen molar-refractivity contribution in [2.75, 3.05) is 0 Å². The molecular weight excluding hydrogens is 196 g/mol. The molecule has 0 bridgehead atoms. The van der Waals surface area contributed by atoms with Crippen molar-refractivity contribution < 1.29 is 4.73 Å². The predicted molar refractivity (Wildman–Crippen MR) is 52.2 cm³/mol. The number of hydrogen-bond acceptors (Lipinski definition) is 3. The van der Waals surface area contributed by atoms with E-state index in [1.165, 1.54) is 18.0 Å². The van der Waals surface area contributed by atoms with Crippen molar-refractivity contribution in [2.45, 2.75) is 17.3 Å². The van der Waals surface area contributed by atoms with Crippen LogP contribution in [0.4, 0.5) is 0 Å². The van der Waals surface area contributed by atoms with Crippen molar-refractivity contribution in [1.82, 2.24) is 0 Å². The number of thioether (sulfide) groups is 1. The Balaban J connectivity index is 0.00000121. The third-order valence-electron chi connectivity index (χ3n) is 1.10. The van der Waals surface area contributed by atoms with Crippen LogP contribution in [0.3, 0.4) is 0 Å². The minimum Gasteiger partial charge on any atom is -0.618 e. The summed E-state index contributed by atoms with van der Waals surface area (Å²) >= 11 is 1.35. The summed E-state index contributed by atoms with van der Waals surface area (Å²) in [5.74, 6) is 0. The van der Waals surface area contributed by atoms with Gasteiger partial charge in [-0.05, 0) is 24.8 Å². The van der Waals surface area contributed by atoms with Gasteiger partial charge in [0.2, 0.25) is 0 Å². The molecule has 0 aromatic carbocycles. The second-order valence-corrected chi connectivity index (χ2v) is 3.59. The van der Waals surface area contributed by atoms with Gasteiger partial charge < -0.3 is 10.9 Å². The lowest BCUT2D eigenvalue weighted by Crippen LogP contribution is -2.29. The maximum Gasteiger partial charge on any atom is 0.252 e. The van der Waals surface area contributed by atoms with E-state index in [0.717, 1.165) is 4.73 Å². The fraction of sp³-hybridized carbons (Fsp3) is 0.286. The van der Waals surface area contributed by atoms with Crippen LogP contribution in [0.5, 0.6) is 0 Å². The monoisotopic (exact) mass is 206 g/mol. The van der Waals surface area contributed by atoms with E-state index >= 15 is 0 Å². The molecule has 1 atom stereocenters. The Morgan fingerprint density at radius 1 is 1.58 bits per heavy atom. The molecule has 1 aromatic rings. The fourth-order valence-electron chi connectivity index (χ4n) is 0.694. The Labute approximate surface area is 82.0 Å². The van der Waals surface area contributed by atoms with Crippen LogP contribution < -0.4 is 10.5 Å². The molecule has 0 fully saturated rings. The molecule has 0 aliphatic rings. The molecule has 0 aliphatic carbocycles. The highest BCUT2D eigenvalue weighted by Gasteiger charge is 2.05. The Morgan fingerprint density at radius 3 is 2.75 bits per heavy atom. The highest BCUT2D eigenvalue weighted by molar-refractivity contribution is 7.99. The molecule has 68 valence electrons. The zero-order valence-electron chi connectivity index (χ0n) is 6.64. The molecule has 2 N–H and O–H groups in total. The third-order valence-corrected chi connectivity index (χ3v) is 2.02. The molecule has 3 nitrogen and oxygen atoms in total. The summed E-state index contributed by atoms with van der Waals surface area (Å²) in [5, 5.41) is 11.6. The van der Waals surface area contributed by atoms with Crippen molar-refractivity contribution in [3.63, 3.8) is 0 Å². The highest BCUT2D eigenvalue weighted by Crippen LogP contribution is 2.14. The Kier molecular flexibility index (Phi) is 5.04. The van der Waals surface area contributed by atoms with Gasteiger partial charge in [-0.3, -0.25) is 0 Å². The number of pyridine rings is 1. The van der Waals surface area contributed by atoms with Crippen molar-refractivity contribution in [3.8, 4) is 0 Å². The number of nitrogens with zero attached hydrogens (tertiary/aromatic N) is 1. The number of rotatable bonds is 2. The minimum atomic E-state index is -0.0439. The van der Waals surface area contributed by atoms with Gasteiger partial charge in [-0.15, -0.1) is 12.4 Å². The van der Waals surface area contributed by atoms with E-state index in [1.807, 2.05) is 13.0 Å². The van der Waals surface area contributed by atoms with Crippen molar-refractivity contribution in [2.24, 2.45) is 5.73 Å². The SMILES string of the molecule is CC(N)Sc1cccc[n+]1[O-].Cl. The first kappa shape index (κ1) is 11.6. The quantitative estimate of drug-likeness (QED) is 0.342. The van der Waals surface area contributed by atoms with Gasteiger partial charge in [0.25, 0.3) is 5.03 Å². The van der Waals surface area contributed by atoms with E-state index in [-0.39, 0.29) is 17.8 Å². The lowest BCUT2D eigenvalue weighted by atomic mass is 10.5. The van der Waals surface area contributed by atoms with Gasteiger partial charge in [0, 0.05) is 12.1 Å². The summed E-state index contributed by atoms with van der Waals surface area (Å²) < 4.78 is 0.814. The van der Waals surface area contributed by atoms with E-state index in [9.17, 15) is 5.21 Å². The average Bonchev–Trinajstić information content (AvgIpc) is 1.93. The summed E-state index contributed by atoms with van der Waals surface area (Å²) in [6, 6.07) is 5.26. The van der Waals surface area contributed by atoms with E-state index in [0.29, 0.717) is 5.03 Å². The second kappa shape index (κ2) is 5.24. The minimum absolute atomic E-state index is 0. The van der Waals surface area contributed by atoms with Crippen molar-refractivity contribution in [1.29, 1.82) is 0 Å². The first-order valence-corrected chi connectivity index (χ1v) is 4.18. The van der Waals surface area contributed by atoms with Crippen LogP contribution in [0.15, 0.2) is 29.4 Å². The summed E-state index contributed by atoms with van der Waals surface area (Å²) in [6.07, 6.45) is 1.46. The lowest BCUT2D eigenvalue weighted by molar-refractivity contribution is -0.645. The fourth-order valence-corrected chi connectivity index (χ4v) is 1.40. The van der Waals surface area contributed by atoms with Crippen LogP contribution in [-0.4, -0.2) is 5.37 Å². The van der Waals surface area contributed by atoms with Crippen LogP contribution in [0.2, 0.25) is 0 Å². The lowest BCUT2D eigenvalue weighted by Gasteiger charge is -2.04. The van der Waals surface area contributed by atoms with E-state index in [1.54, 1.807) is 12.1 Å². The molecule has 1 aromatic heterocycles. The van der Waals surface area contributed by atoms with Crippen molar-refractivity contribution in [3.05, 3.63) is 29.6 Å². The maximum absolute atomic E-state index is 11.0. The molecule has 1 unspecified atom stereocenters. The maximum atomic E-state index is 11.0. The number of hydrogen-bond donors (Lipinski definition) is 1. The first-order chi connectivity index (χ1) is 5.20.